The highest BCUT2D eigenvalue weighted by molar-refractivity contribution is 7.80. The van der Waals surface area contributed by atoms with Gasteiger partial charge in [0.05, 0.1) is 10.7 Å². The third-order valence-corrected chi connectivity index (χ3v) is 5.09. The molecule has 3 aromatic rings. The highest BCUT2D eigenvalue weighted by Gasteiger charge is 2.35. The molecule has 2 amide bonds. The monoisotopic (exact) mass is 460 g/mol. The van der Waals surface area contributed by atoms with Gasteiger partial charge in [0.25, 0.3) is 11.8 Å². The maximum absolute atomic E-state index is 13.5. The van der Waals surface area contributed by atoms with Crippen LogP contribution in [-0.2, 0) is 9.59 Å². The van der Waals surface area contributed by atoms with E-state index in [4.69, 9.17) is 39.8 Å². The van der Waals surface area contributed by atoms with Crippen molar-refractivity contribution in [1.82, 2.24) is 5.32 Å². The van der Waals surface area contributed by atoms with Crippen LogP contribution in [0.25, 0.3) is 17.4 Å². The zero-order valence-corrected chi connectivity index (χ0v) is 17.3. The topological polar surface area (TPSA) is 62.6 Å². The molecule has 1 aromatic heterocycles. The Morgan fingerprint density at radius 3 is 2.60 bits per heavy atom. The lowest BCUT2D eigenvalue weighted by Crippen LogP contribution is -2.54. The minimum absolute atomic E-state index is 0.135. The molecule has 0 atom stereocenters. The van der Waals surface area contributed by atoms with Gasteiger partial charge >= 0.3 is 0 Å². The highest BCUT2D eigenvalue weighted by atomic mass is 35.5. The summed E-state index contributed by atoms with van der Waals surface area (Å²) < 4.78 is 19.2. The van der Waals surface area contributed by atoms with Gasteiger partial charge in [0, 0.05) is 10.6 Å². The highest BCUT2D eigenvalue weighted by Crippen LogP contribution is 2.28. The van der Waals surface area contributed by atoms with Crippen LogP contribution in [0, 0.1) is 5.82 Å². The van der Waals surface area contributed by atoms with Gasteiger partial charge in [-0.1, -0.05) is 35.3 Å². The number of nitrogens with one attached hydrogen (secondary N) is 1. The lowest BCUT2D eigenvalue weighted by Gasteiger charge is -2.28. The van der Waals surface area contributed by atoms with Crippen molar-refractivity contribution < 1.29 is 18.4 Å². The Morgan fingerprint density at radius 2 is 1.87 bits per heavy atom. The van der Waals surface area contributed by atoms with E-state index in [-0.39, 0.29) is 27.2 Å². The number of rotatable bonds is 3. The first-order valence-electron chi connectivity index (χ1n) is 8.56. The molecule has 1 N–H and O–H groups in total. The first-order valence-corrected chi connectivity index (χ1v) is 9.72. The van der Waals surface area contributed by atoms with Crippen LogP contribution in [0.15, 0.2) is 64.6 Å². The van der Waals surface area contributed by atoms with Crippen LogP contribution in [0.1, 0.15) is 5.76 Å². The van der Waals surface area contributed by atoms with E-state index in [2.05, 4.69) is 5.32 Å². The Hall–Kier alpha value is -3.00. The van der Waals surface area contributed by atoms with Gasteiger partial charge in [-0.3, -0.25) is 19.8 Å². The predicted octanol–water partition coefficient (Wildman–Crippen LogP) is 5.22. The average Bonchev–Trinajstić information content (AvgIpc) is 3.16. The zero-order chi connectivity index (χ0) is 21.4. The van der Waals surface area contributed by atoms with E-state index in [1.54, 1.807) is 30.3 Å². The van der Waals surface area contributed by atoms with E-state index in [0.717, 1.165) is 16.5 Å². The Labute approximate surface area is 185 Å². The molecule has 0 aliphatic carbocycles. The van der Waals surface area contributed by atoms with Crippen molar-refractivity contribution in [3.05, 3.63) is 81.8 Å². The molecular formula is C21H11Cl2FN2O3S. The number of benzene rings is 2. The van der Waals surface area contributed by atoms with Crippen LogP contribution >= 0.6 is 35.4 Å². The minimum atomic E-state index is -0.688. The molecule has 5 nitrogen and oxygen atoms in total. The third-order valence-electron chi connectivity index (χ3n) is 4.29. The predicted molar refractivity (Wildman–Crippen MR) is 117 cm³/mol. The molecule has 30 heavy (non-hydrogen) atoms. The molecular weight excluding hydrogens is 450 g/mol. The molecule has 0 bridgehead atoms. The van der Waals surface area contributed by atoms with Crippen molar-refractivity contribution in [1.29, 1.82) is 0 Å². The minimum Gasteiger partial charge on any atom is -0.457 e. The normalized spacial score (nSPS) is 15.6. The van der Waals surface area contributed by atoms with Crippen molar-refractivity contribution >= 4 is 64.1 Å². The number of anilines is 1. The molecule has 0 unspecified atom stereocenters. The summed E-state index contributed by atoms with van der Waals surface area (Å²) in [5.74, 6) is -1.19. The van der Waals surface area contributed by atoms with Crippen LogP contribution in [0.5, 0.6) is 0 Å². The number of hydrogen-bond donors (Lipinski definition) is 1. The van der Waals surface area contributed by atoms with Crippen LogP contribution in [0.2, 0.25) is 10.0 Å². The molecule has 2 heterocycles. The van der Waals surface area contributed by atoms with Crippen molar-refractivity contribution in [2.75, 3.05) is 4.90 Å². The molecule has 0 spiro atoms. The summed E-state index contributed by atoms with van der Waals surface area (Å²) in [4.78, 5) is 26.4. The average molecular weight is 461 g/mol. The van der Waals surface area contributed by atoms with Gasteiger partial charge in [0.1, 0.15) is 22.9 Å². The molecule has 4 rings (SSSR count). The number of furan rings is 1. The van der Waals surface area contributed by atoms with E-state index in [9.17, 15) is 14.0 Å². The Bertz CT molecular complexity index is 1240. The van der Waals surface area contributed by atoms with Crippen LogP contribution in [0.4, 0.5) is 10.1 Å². The van der Waals surface area contributed by atoms with Crippen molar-refractivity contribution in [3.63, 3.8) is 0 Å². The molecule has 0 saturated carbocycles. The summed E-state index contributed by atoms with van der Waals surface area (Å²) >= 11 is 16.9. The van der Waals surface area contributed by atoms with E-state index in [1.807, 2.05) is 6.07 Å². The molecule has 1 saturated heterocycles. The number of halogens is 3. The Balaban J connectivity index is 1.68. The smallest absolute Gasteiger partial charge is 0.270 e. The third kappa shape index (κ3) is 3.87. The Morgan fingerprint density at radius 1 is 1.07 bits per heavy atom. The fourth-order valence-electron chi connectivity index (χ4n) is 2.89. The summed E-state index contributed by atoms with van der Waals surface area (Å²) in [5.41, 5.74) is 0.771. The quantitative estimate of drug-likeness (QED) is 0.330. The summed E-state index contributed by atoms with van der Waals surface area (Å²) in [5, 5.41) is 2.68. The number of amides is 2. The fourth-order valence-corrected chi connectivity index (χ4v) is 3.53. The van der Waals surface area contributed by atoms with Crippen LogP contribution in [-0.4, -0.2) is 16.9 Å². The van der Waals surface area contributed by atoms with E-state index >= 15 is 0 Å². The molecule has 1 aliphatic heterocycles. The van der Waals surface area contributed by atoms with Gasteiger partial charge in [-0.15, -0.1) is 0 Å². The second-order valence-corrected chi connectivity index (χ2v) is 7.50. The molecule has 9 heteroatoms. The van der Waals surface area contributed by atoms with Gasteiger partial charge in [-0.25, -0.2) is 4.39 Å². The number of carbonyl (C=O) groups excluding carboxylic acids is 2. The number of hydrogen-bond acceptors (Lipinski definition) is 4. The summed E-state index contributed by atoms with van der Waals surface area (Å²) in [6.07, 6.45) is 1.31. The first-order chi connectivity index (χ1) is 14.3. The van der Waals surface area contributed by atoms with Crippen molar-refractivity contribution in [2.45, 2.75) is 0 Å². The van der Waals surface area contributed by atoms with Gasteiger partial charge in [-0.05, 0) is 60.8 Å². The first kappa shape index (κ1) is 20.3. The molecule has 2 aromatic carbocycles. The SMILES string of the molecule is O=C1NC(=S)N(c2ccc(F)c(Cl)c2)C(=O)/C1=C/c1ccc(-c2cccc(Cl)c2)o1. The summed E-state index contributed by atoms with van der Waals surface area (Å²) in [7, 11) is 0. The van der Waals surface area contributed by atoms with Gasteiger partial charge < -0.3 is 4.42 Å². The van der Waals surface area contributed by atoms with E-state index in [0.29, 0.717) is 10.8 Å². The number of carbonyl (C=O) groups is 2. The second-order valence-electron chi connectivity index (χ2n) is 6.27. The molecule has 1 aliphatic rings. The lowest BCUT2D eigenvalue weighted by atomic mass is 10.1. The van der Waals surface area contributed by atoms with Crippen LogP contribution < -0.4 is 10.2 Å². The molecule has 1 fully saturated rings. The molecule has 150 valence electrons. The zero-order valence-electron chi connectivity index (χ0n) is 15.0. The number of thiocarbonyl (C=S) groups is 1. The summed E-state index contributed by atoms with van der Waals surface area (Å²) in [6, 6.07) is 14.1. The van der Waals surface area contributed by atoms with Gasteiger partial charge in [0.15, 0.2) is 5.11 Å². The standard InChI is InChI=1S/C21H11Cl2FN2O3S/c22-12-3-1-2-11(8-12)18-7-5-14(29-18)10-15-19(27)25-21(30)26(20(15)28)13-4-6-17(24)16(23)9-13/h1-10H,(H,25,27,30)/b15-10+. The largest absolute Gasteiger partial charge is 0.457 e. The van der Waals surface area contributed by atoms with Gasteiger partial charge in [-0.2, -0.15) is 0 Å². The van der Waals surface area contributed by atoms with Crippen LogP contribution in [0.3, 0.4) is 0 Å². The second kappa shape index (κ2) is 8.02. The number of nitrogens with zero attached hydrogens (tertiary/aromatic N) is 1. The lowest BCUT2D eigenvalue weighted by molar-refractivity contribution is -0.122. The van der Waals surface area contributed by atoms with Gasteiger partial charge in [0.2, 0.25) is 0 Å². The Kier molecular flexibility index (Phi) is 5.42. The van der Waals surface area contributed by atoms with Crippen molar-refractivity contribution in [3.8, 4) is 11.3 Å². The summed E-state index contributed by atoms with van der Waals surface area (Å²) in [6.45, 7) is 0. The fraction of sp³-hybridized carbons (Fsp3) is 0. The molecule has 0 radical (unpaired) electrons. The maximum Gasteiger partial charge on any atom is 0.270 e. The van der Waals surface area contributed by atoms with Crippen molar-refractivity contribution in [2.24, 2.45) is 0 Å². The maximum atomic E-state index is 13.5. The van der Waals surface area contributed by atoms with E-state index in [1.165, 1.54) is 18.2 Å². The van der Waals surface area contributed by atoms with E-state index < -0.39 is 17.6 Å².